The molecule has 2 aromatic rings. The average Bonchev–Trinajstić information content (AvgIpc) is 3.19. The topological polar surface area (TPSA) is 96.7 Å². The number of carbonyl (C=O) groups is 2. The van der Waals surface area contributed by atoms with E-state index in [9.17, 15) is 14.7 Å². The number of nitrogens with one attached hydrogen (secondary N) is 1. The largest absolute Gasteiger partial charge is 0.474 e. The van der Waals surface area contributed by atoms with Crippen LogP contribution < -0.4 is 15.0 Å². The highest BCUT2D eigenvalue weighted by Gasteiger charge is 2.35. The van der Waals surface area contributed by atoms with Crippen molar-refractivity contribution in [3.63, 3.8) is 0 Å². The maximum absolute atomic E-state index is 12.7. The molecule has 0 spiro atoms. The molecule has 0 radical (unpaired) electrons. The zero-order valence-corrected chi connectivity index (χ0v) is 14.5. The minimum Gasteiger partial charge on any atom is -0.474 e. The Labute approximate surface area is 154 Å². The molecule has 2 aliphatic heterocycles. The monoisotopic (exact) mass is 376 g/mol. The minimum absolute atomic E-state index is 0.106. The summed E-state index contributed by atoms with van der Waals surface area (Å²) < 4.78 is 6.84. The van der Waals surface area contributed by atoms with Crippen LogP contribution in [0, 0.1) is 0 Å². The first kappa shape index (κ1) is 16.9. The van der Waals surface area contributed by atoms with E-state index >= 15 is 0 Å². The lowest BCUT2D eigenvalue weighted by atomic mass is 10.2. The van der Waals surface area contributed by atoms with Gasteiger partial charge in [0.1, 0.15) is 24.3 Å². The normalized spacial score (nSPS) is 22.1. The van der Waals surface area contributed by atoms with E-state index in [1.54, 1.807) is 23.1 Å². The van der Waals surface area contributed by atoms with Gasteiger partial charge < -0.3 is 20.1 Å². The van der Waals surface area contributed by atoms with Gasteiger partial charge in [-0.3, -0.25) is 9.59 Å². The van der Waals surface area contributed by atoms with Gasteiger partial charge in [0.05, 0.1) is 23.5 Å². The first-order valence-corrected chi connectivity index (χ1v) is 8.66. The number of aliphatic hydroxyl groups excluding tert-OH is 1. The Morgan fingerprint density at radius 1 is 1.38 bits per heavy atom. The van der Waals surface area contributed by atoms with Crippen LogP contribution in [-0.2, 0) is 11.3 Å². The Morgan fingerprint density at radius 3 is 3.00 bits per heavy atom. The van der Waals surface area contributed by atoms with Crippen molar-refractivity contribution >= 4 is 29.1 Å². The highest BCUT2D eigenvalue weighted by Crippen LogP contribution is 2.29. The zero-order valence-electron chi connectivity index (χ0n) is 13.8. The molecule has 1 fully saturated rings. The van der Waals surface area contributed by atoms with Crippen LogP contribution in [0.1, 0.15) is 16.8 Å². The van der Waals surface area contributed by atoms with Gasteiger partial charge in [-0.1, -0.05) is 23.7 Å². The quantitative estimate of drug-likeness (QED) is 0.827. The van der Waals surface area contributed by atoms with E-state index in [2.05, 4.69) is 10.4 Å². The predicted molar refractivity (Wildman–Crippen MR) is 93.4 cm³/mol. The van der Waals surface area contributed by atoms with Gasteiger partial charge in [-0.2, -0.15) is 5.10 Å². The second-order valence-corrected chi connectivity index (χ2v) is 6.67. The number of aliphatic hydroxyl groups is 1. The van der Waals surface area contributed by atoms with E-state index in [-0.39, 0.29) is 24.6 Å². The number of amides is 2. The summed E-state index contributed by atoms with van der Waals surface area (Å²) in [7, 11) is 0. The molecular weight excluding hydrogens is 360 g/mol. The second-order valence-electron chi connectivity index (χ2n) is 6.27. The van der Waals surface area contributed by atoms with Crippen LogP contribution in [0.2, 0.25) is 5.02 Å². The molecule has 3 heterocycles. The zero-order chi connectivity index (χ0) is 18.3. The van der Waals surface area contributed by atoms with Crippen molar-refractivity contribution in [2.75, 3.05) is 18.1 Å². The summed E-state index contributed by atoms with van der Waals surface area (Å²) in [6.07, 6.45) is 1.21. The average molecular weight is 377 g/mol. The van der Waals surface area contributed by atoms with E-state index < -0.39 is 18.1 Å². The Bertz CT molecular complexity index is 868. The Balaban J connectivity index is 1.48. The number of rotatable bonds is 3. The molecule has 9 heteroatoms. The fraction of sp³-hybridized carbons (Fsp3) is 0.353. The van der Waals surface area contributed by atoms with Gasteiger partial charge in [0.25, 0.3) is 5.91 Å². The van der Waals surface area contributed by atoms with Gasteiger partial charge in [-0.25, -0.2) is 4.68 Å². The van der Waals surface area contributed by atoms with Crippen LogP contribution in [0.3, 0.4) is 0 Å². The predicted octanol–water partition coefficient (Wildman–Crippen LogP) is 0.825. The number of hydrogen-bond acceptors (Lipinski definition) is 5. The molecule has 2 atom stereocenters. The number of benzene rings is 1. The van der Waals surface area contributed by atoms with Crippen LogP contribution in [0.25, 0.3) is 0 Å². The molecule has 2 aliphatic rings. The fourth-order valence-electron chi connectivity index (χ4n) is 3.20. The first-order valence-electron chi connectivity index (χ1n) is 8.28. The number of aromatic nitrogens is 2. The van der Waals surface area contributed by atoms with E-state index in [0.29, 0.717) is 29.6 Å². The summed E-state index contributed by atoms with van der Waals surface area (Å²) in [4.78, 5) is 26.8. The van der Waals surface area contributed by atoms with Crippen LogP contribution in [-0.4, -0.2) is 52.0 Å². The van der Waals surface area contributed by atoms with Crippen molar-refractivity contribution in [1.29, 1.82) is 0 Å². The molecule has 0 aliphatic carbocycles. The molecular formula is C17H17ClN4O4. The third-order valence-electron chi connectivity index (χ3n) is 4.49. The lowest BCUT2D eigenvalue weighted by molar-refractivity contribution is -0.118. The van der Waals surface area contributed by atoms with Crippen molar-refractivity contribution in [3.8, 4) is 5.88 Å². The third kappa shape index (κ3) is 2.91. The van der Waals surface area contributed by atoms with Gasteiger partial charge in [0.15, 0.2) is 0 Å². The number of hydrogen-bond donors (Lipinski definition) is 2. The summed E-state index contributed by atoms with van der Waals surface area (Å²) in [6, 6.07) is 6.47. The van der Waals surface area contributed by atoms with Gasteiger partial charge in [0, 0.05) is 6.54 Å². The van der Waals surface area contributed by atoms with Crippen LogP contribution in [0.5, 0.6) is 5.88 Å². The molecule has 8 nitrogen and oxygen atoms in total. The molecule has 0 saturated carbocycles. The summed E-state index contributed by atoms with van der Waals surface area (Å²) >= 11 is 6.17. The van der Waals surface area contributed by atoms with Gasteiger partial charge >= 0.3 is 0 Å². The van der Waals surface area contributed by atoms with Gasteiger partial charge in [-0.05, 0) is 18.6 Å². The Kier molecular flexibility index (Phi) is 4.29. The highest BCUT2D eigenvalue weighted by molar-refractivity contribution is 6.34. The van der Waals surface area contributed by atoms with Crippen LogP contribution >= 0.6 is 11.6 Å². The molecule has 1 saturated heterocycles. The number of anilines is 1. The molecule has 26 heavy (non-hydrogen) atoms. The maximum atomic E-state index is 12.7. The highest BCUT2D eigenvalue weighted by atomic mass is 35.5. The SMILES string of the molecule is O=C(NC1CCN(c2ccccc2Cl)C1=O)c1cnn2c1OCC(O)C2. The standard InChI is InChI=1S/C17H17ClN4O4/c18-12-3-1-2-4-14(12)21-6-5-13(16(21)25)20-15(24)11-7-19-22-8-10(23)9-26-17(11)22/h1-4,7,10,13,23H,5-6,8-9H2,(H,20,24). The van der Waals surface area contributed by atoms with Gasteiger partial charge in [0.2, 0.25) is 11.8 Å². The number of ether oxygens (including phenoxy) is 1. The first-order chi connectivity index (χ1) is 12.5. The van der Waals surface area contributed by atoms with Crippen LogP contribution in [0.4, 0.5) is 5.69 Å². The van der Waals surface area contributed by atoms with E-state index in [0.717, 1.165) is 0 Å². The Morgan fingerprint density at radius 2 is 2.19 bits per heavy atom. The van der Waals surface area contributed by atoms with E-state index in [4.69, 9.17) is 16.3 Å². The van der Waals surface area contributed by atoms with Crippen molar-refractivity contribution in [3.05, 3.63) is 41.0 Å². The lowest BCUT2D eigenvalue weighted by Gasteiger charge is -2.21. The summed E-state index contributed by atoms with van der Waals surface area (Å²) in [6.45, 7) is 0.849. The third-order valence-corrected chi connectivity index (χ3v) is 4.81. The molecule has 2 N–H and O–H groups in total. The number of halogens is 1. The van der Waals surface area contributed by atoms with Crippen molar-refractivity contribution < 1.29 is 19.4 Å². The van der Waals surface area contributed by atoms with Crippen molar-refractivity contribution in [1.82, 2.24) is 15.1 Å². The van der Waals surface area contributed by atoms with Crippen molar-refractivity contribution in [2.24, 2.45) is 0 Å². The molecule has 136 valence electrons. The number of nitrogens with zero attached hydrogens (tertiary/aromatic N) is 3. The minimum atomic E-state index is -0.654. The molecule has 4 rings (SSSR count). The molecule has 0 bridgehead atoms. The Hall–Kier alpha value is -2.58. The van der Waals surface area contributed by atoms with Gasteiger partial charge in [-0.15, -0.1) is 0 Å². The van der Waals surface area contributed by atoms with Crippen LogP contribution in [0.15, 0.2) is 30.5 Å². The summed E-state index contributed by atoms with van der Waals surface area (Å²) in [5.74, 6) is -0.327. The lowest BCUT2D eigenvalue weighted by Crippen LogP contribution is -2.41. The summed E-state index contributed by atoms with van der Waals surface area (Å²) in [5, 5.41) is 16.9. The van der Waals surface area contributed by atoms with E-state index in [1.807, 2.05) is 6.07 Å². The fourth-order valence-corrected chi connectivity index (χ4v) is 3.44. The molecule has 2 unspecified atom stereocenters. The maximum Gasteiger partial charge on any atom is 0.259 e. The van der Waals surface area contributed by atoms with Crippen molar-refractivity contribution in [2.45, 2.75) is 25.1 Å². The summed E-state index contributed by atoms with van der Waals surface area (Å²) in [5.41, 5.74) is 0.886. The molecule has 1 aromatic heterocycles. The number of fused-ring (bicyclic) bond motifs is 1. The number of para-hydroxylation sites is 1. The number of carbonyl (C=O) groups excluding carboxylic acids is 2. The second kappa shape index (κ2) is 6.62. The smallest absolute Gasteiger partial charge is 0.259 e. The molecule has 2 amide bonds. The van der Waals surface area contributed by atoms with E-state index in [1.165, 1.54) is 10.9 Å². The molecule has 1 aromatic carbocycles.